The molecule has 60 heavy (non-hydrogen) atoms. The second-order valence-electron chi connectivity index (χ2n) is 15.5. The van der Waals surface area contributed by atoms with Gasteiger partial charge in [-0.3, -0.25) is 28.9 Å². The van der Waals surface area contributed by atoms with Gasteiger partial charge in [0.15, 0.2) is 0 Å². The third-order valence-corrected chi connectivity index (χ3v) is 8.06. The van der Waals surface area contributed by atoms with Crippen LogP contribution < -0.4 is 37.5 Å². The van der Waals surface area contributed by atoms with E-state index < -0.39 is 42.4 Å². The second kappa shape index (κ2) is 30.2. The molecule has 0 aromatic heterocycles. The number of aldehydes is 1. The molecule has 1 aromatic rings. The van der Waals surface area contributed by atoms with Crippen LogP contribution in [0, 0.1) is 11.8 Å². The van der Waals surface area contributed by atoms with Crippen molar-refractivity contribution in [3.63, 3.8) is 0 Å². The molecule has 0 radical (unpaired) electrons. The van der Waals surface area contributed by atoms with Gasteiger partial charge in [0.25, 0.3) is 0 Å². The molecule has 1 aliphatic heterocycles. The molecule has 1 heterocycles. The number of primary amides is 2. The van der Waals surface area contributed by atoms with Crippen molar-refractivity contribution in [1.29, 1.82) is 0 Å². The standard InChI is InChI=1S/C28H42N4O9.C8H18N2O2.C4H9NO2/c1-16(2)10-24(35)31-22(6-5-9-30-28(29)38)26(36)32-21-8-7-18(15-39-27(37)17(3)4)11-23(21)41-25-13-19(34)12-20(14-33)40-25;1-6(2)10-7(8(9)12)4-3-5-11;1-5(2)3-4(6)7/h7-8,11,14,16-17,19-20,22,25,34H,5-6,9-10,12-13,15H2,1-4H3,(H,31,35)(H,32,36)(H3,29,30,38);6-7,10-11H,3-5H2,1-2H3,(H2,9,12);3H2,1-2H3,(H,6,7). The number of aliphatic hydroxyl groups is 2. The number of benzene rings is 1. The molecule has 1 fully saturated rings. The molecule has 0 saturated carbocycles. The van der Waals surface area contributed by atoms with E-state index in [1.54, 1.807) is 51.0 Å². The number of carboxylic acid groups (broad SMARTS) is 1. The number of esters is 1. The zero-order valence-corrected chi connectivity index (χ0v) is 36.2. The Labute approximate surface area is 352 Å². The number of nitrogens with two attached hydrogens (primary N) is 2. The summed E-state index contributed by atoms with van der Waals surface area (Å²) in [6, 6.07) is 3.07. The molecule has 1 saturated heterocycles. The van der Waals surface area contributed by atoms with Crippen molar-refractivity contribution in [2.75, 3.05) is 39.1 Å². The molecule has 0 bridgehead atoms. The van der Waals surface area contributed by atoms with Gasteiger partial charge in [-0.1, -0.05) is 47.6 Å². The number of aliphatic hydroxyl groups excluding tert-OH is 2. The predicted molar refractivity (Wildman–Crippen MR) is 222 cm³/mol. The van der Waals surface area contributed by atoms with E-state index >= 15 is 0 Å². The molecule has 2 rings (SSSR count). The number of hydrogen-bond acceptors (Lipinski definition) is 14. The van der Waals surface area contributed by atoms with Crippen molar-refractivity contribution in [1.82, 2.24) is 20.9 Å². The summed E-state index contributed by atoms with van der Waals surface area (Å²) >= 11 is 0. The molecule has 20 heteroatoms. The summed E-state index contributed by atoms with van der Waals surface area (Å²) in [6.45, 7) is 11.5. The first kappa shape index (κ1) is 55.1. The van der Waals surface area contributed by atoms with Crippen LogP contribution in [0.5, 0.6) is 5.75 Å². The Morgan fingerprint density at radius 1 is 0.983 bits per heavy atom. The van der Waals surface area contributed by atoms with E-state index in [4.69, 9.17) is 35.9 Å². The number of amides is 5. The van der Waals surface area contributed by atoms with Gasteiger partial charge in [0.2, 0.25) is 24.0 Å². The van der Waals surface area contributed by atoms with Crippen LogP contribution in [0.15, 0.2) is 18.2 Å². The predicted octanol–water partition coefficient (Wildman–Crippen LogP) is 0.991. The molecule has 0 spiro atoms. The maximum absolute atomic E-state index is 13.4. The molecule has 5 atom stereocenters. The molecule has 0 aliphatic carbocycles. The first-order chi connectivity index (χ1) is 28.1. The first-order valence-electron chi connectivity index (χ1n) is 20.0. The highest BCUT2D eigenvalue weighted by molar-refractivity contribution is 5.98. The lowest BCUT2D eigenvalue weighted by molar-refractivity contribution is -0.175. The topological polar surface area (TPSA) is 311 Å². The quantitative estimate of drug-likeness (QED) is 0.0421. The fourth-order valence-electron chi connectivity index (χ4n) is 5.28. The molecule has 342 valence electrons. The fraction of sp³-hybridized carbons (Fsp3) is 0.675. The van der Waals surface area contributed by atoms with E-state index in [9.17, 15) is 38.7 Å². The minimum absolute atomic E-state index is 0.0482. The number of urea groups is 1. The van der Waals surface area contributed by atoms with Crippen LogP contribution in [-0.2, 0) is 44.8 Å². The summed E-state index contributed by atoms with van der Waals surface area (Å²) in [7, 11) is 3.43. The van der Waals surface area contributed by atoms with Crippen molar-refractivity contribution >= 4 is 47.7 Å². The smallest absolute Gasteiger partial charge is 0.317 e. The summed E-state index contributed by atoms with van der Waals surface area (Å²) in [5, 5.41) is 37.7. The Morgan fingerprint density at radius 3 is 2.13 bits per heavy atom. The van der Waals surface area contributed by atoms with Gasteiger partial charge in [-0.2, -0.15) is 0 Å². The number of hydrogen-bond donors (Lipinski definition) is 9. The Bertz CT molecular complexity index is 1490. The van der Waals surface area contributed by atoms with Crippen molar-refractivity contribution < 1.29 is 63.1 Å². The van der Waals surface area contributed by atoms with Gasteiger partial charge in [0, 0.05) is 38.5 Å². The summed E-state index contributed by atoms with van der Waals surface area (Å²) in [5.74, 6) is -2.43. The lowest BCUT2D eigenvalue weighted by atomic mass is 10.1. The molecule has 1 aliphatic rings. The van der Waals surface area contributed by atoms with Gasteiger partial charge in [-0.05, 0) is 63.4 Å². The molecule has 20 nitrogen and oxygen atoms in total. The highest BCUT2D eigenvalue weighted by atomic mass is 16.7. The van der Waals surface area contributed by atoms with E-state index in [2.05, 4.69) is 21.3 Å². The number of anilines is 1. The average molecular weight is 856 g/mol. The lowest BCUT2D eigenvalue weighted by Crippen LogP contribution is -2.44. The van der Waals surface area contributed by atoms with E-state index in [0.717, 1.165) is 0 Å². The van der Waals surface area contributed by atoms with Crippen LogP contribution in [-0.4, -0.2) is 133 Å². The summed E-state index contributed by atoms with van der Waals surface area (Å²) in [4.78, 5) is 82.3. The average Bonchev–Trinajstić information content (AvgIpc) is 3.13. The maximum Gasteiger partial charge on any atom is 0.317 e. The monoisotopic (exact) mass is 855 g/mol. The van der Waals surface area contributed by atoms with Crippen LogP contribution in [0.1, 0.15) is 92.1 Å². The number of nitrogens with zero attached hydrogens (tertiary/aromatic N) is 1. The zero-order valence-electron chi connectivity index (χ0n) is 36.2. The van der Waals surface area contributed by atoms with Gasteiger partial charge in [0.05, 0.1) is 30.3 Å². The van der Waals surface area contributed by atoms with Crippen LogP contribution in [0.25, 0.3) is 0 Å². The number of ether oxygens (including phenoxy) is 3. The highest BCUT2D eigenvalue weighted by Crippen LogP contribution is 2.31. The van der Waals surface area contributed by atoms with Crippen LogP contribution in [0.3, 0.4) is 0 Å². The van der Waals surface area contributed by atoms with E-state index in [0.29, 0.717) is 31.1 Å². The molecule has 5 unspecified atom stereocenters. The van der Waals surface area contributed by atoms with Gasteiger partial charge < -0.3 is 67.1 Å². The largest absolute Gasteiger partial charge is 0.480 e. The summed E-state index contributed by atoms with van der Waals surface area (Å²) < 4.78 is 16.9. The van der Waals surface area contributed by atoms with E-state index in [-0.39, 0.29) is 105 Å². The Balaban J connectivity index is 0.00000151. The fourth-order valence-corrected chi connectivity index (χ4v) is 5.28. The van der Waals surface area contributed by atoms with Crippen molar-refractivity contribution in [3.05, 3.63) is 23.8 Å². The van der Waals surface area contributed by atoms with Crippen molar-refractivity contribution in [2.24, 2.45) is 23.3 Å². The molecule has 1 aromatic carbocycles. The Kier molecular flexibility index (Phi) is 27.7. The number of carbonyl (C=O) groups is 7. The first-order valence-corrected chi connectivity index (χ1v) is 20.0. The summed E-state index contributed by atoms with van der Waals surface area (Å²) in [6.07, 6.45) is 0.157. The number of rotatable bonds is 23. The highest BCUT2D eigenvalue weighted by Gasteiger charge is 2.31. The maximum atomic E-state index is 13.4. The minimum atomic E-state index is -0.987. The number of carbonyl (C=O) groups excluding carboxylic acids is 6. The number of carboxylic acids is 1. The molecular weight excluding hydrogens is 786 g/mol. The number of nitrogens with one attached hydrogen (secondary N) is 4. The Hall–Kier alpha value is -4.89. The third kappa shape index (κ3) is 26.3. The van der Waals surface area contributed by atoms with E-state index in [1.165, 1.54) is 0 Å². The molecule has 5 amide bonds. The van der Waals surface area contributed by atoms with E-state index in [1.807, 2.05) is 27.7 Å². The second-order valence-corrected chi connectivity index (χ2v) is 15.5. The van der Waals surface area contributed by atoms with Crippen LogP contribution in [0.2, 0.25) is 0 Å². The Morgan fingerprint density at radius 2 is 1.63 bits per heavy atom. The van der Waals surface area contributed by atoms with Gasteiger partial charge in [-0.25, -0.2) is 4.79 Å². The normalized spacial score (nSPS) is 16.9. The van der Waals surface area contributed by atoms with Crippen LogP contribution >= 0.6 is 0 Å². The molecular formula is C40H69N7O13. The van der Waals surface area contributed by atoms with Crippen molar-refractivity contribution in [3.8, 4) is 5.75 Å². The summed E-state index contributed by atoms with van der Waals surface area (Å²) in [5.41, 5.74) is 11.0. The number of likely N-dealkylation sites (N-methyl/N-ethyl adjacent to an activating group) is 1. The van der Waals surface area contributed by atoms with Crippen LogP contribution in [0.4, 0.5) is 10.5 Å². The van der Waals surface area contributed by atoms with Gasteiger partial charge in [-0.15, -0.1) is 0 Å². The van der Waals surface area contributed by atoms with Gasteiger partial charge in [0.1, 0.15) is 30.8 Å². The SMILES string of the molecule is CC(C)CC(=O)NC(CCCNC(N)=O)C(=O)Nc1ccc(COC(=O)C(C)C)cc1OC1CC(O)CC(C=O)O1.CC(C)NC(CCCO)C(N)=O.CN(C)CC(=O)O. The number of aliphatic carboxylic acids is 1. The van der Waals surface area contributed by atoms with Gasteiger partial charge >= 0.3 is 18.0 Å². The zero-order chi connectivity index (χ0) is 45.9. The third-order valence-electron chi connectivity index (χ3n) is 8.06. The van der Waals surface area contributed by atoms with Crippen molar-refractivity contribution in [2.45, 2.75) is 130 Å². The molecule has 11 N–H and O–H groups in total. The lowest BCUT2D eigenvalue weighted by Gasteiger charge is -2.31. The minimum Gasteiger partial charge on any atom is -0.480 e.